The lowest BCUT2D eigenvalue weighted by Gasteiger charge is -2.10. The maximum atomic E-state index is 12.2. The Hall–Kier alpha value is -3.42. The van der Waals surface area contributed by atoms with Gasteiger partial charge in [-0.25, -0.2) is 9.48 Å². The van der Waals surface area contributed by atoms with E-state index in [1.807, 2.05) is 0 Å². The fraction of sp³-hybridized carbons (Fsp3) is 0.125. The fourth-order valence-electron chi connectivity index (χ4n) is 2.39. The zero-order valence-electron chi connectivity index (χ0n) is 12.8. The predicted molar refractivity (Wildman–Crippen MR) is 85.5 cm³/mol. The first-order valence-electron chi connectivity index (χ1n) is 7.25. The second-order valence-electron chi connectivity index (χ2n) is 4.85. The van der Waals surface area contributed by atoms with E-state index in [4.69, 9.17) is 4.74 Å². The van der Waals surface area contributed by atoms with Crippen LogP contribution in [-0.2, 0) is 4.74 Å². The first kappa shape index (κ1) is 15.5. The van der Waals surface area contributed by atoms with Crippen molar-refractivity contribution in [2.75, 3.05) is 6.61 Å². The standard InChI is InChI=1S/C16H14N4O4/c1-2-24-16(21)12-11-17-19(15(12)18-9-5-6-10-18)13-7-3-4-8-14(13)20(22)23/h3-11H,2H2,1H3. The van der Waals surface area contributed by atoms with Crippen LogP contribution in [0.15, 0.2) is 55.0 Å². The fourth-order valence-corrected chi connectivity index (χ4v) is 2.39. The zero-order valence-corrected chi connectivity index (χ0v) is 12.8. The lowest BCUT2D eigenvalue weighted by molar-refractivity contribution is -0.384. The Morgan fingerprint density at radius 3 is 2.62 bits per heavy atom. The molecule has 0 aliphatic carbocycles. The highest BCUT2D eigenvalue weighted by atomic mass is 16.6. The van der Waals surface area contributed by atoms with Crippen LogP contribution < -0.4 is 0 Å². The van der Waals surface area contributed by atoms with Crippen molar-refractivity contribution >= 4 is 11.7 Å². The topological polar surface area (TPSA) is 92.2 Å². The van der Waals surface area contributed by atoms with Crippen molar-refractivity contribution in [3.63, 3.8) is 0 Å². The van der Waals surface area contributed by atoms with Crippen molar-refractivity contribution in [1.82, 2.24) is 14.3 Å². The summed E-state index contributed by atoms with van der Waals surface area (Å²) in [7, 11) is 0. The number of para-hydroxylation sites is 2. The molecule has 0 radical (unpaired) electrons. The number of carbonyl (C=O) groups excluding carboxylic acids is 1. The van der Waals surface area contributed by atoms with E-state index >= 15 is 0 Å². The molecule has 1 aromatic carbocycles. The molecule has 0 N–H and O–H groups in total. The van der Waals surface area contributed by atoms with Gasteiger partial charge in [0.05, 0.1) is 17.7 Å². The summed E-state index contributed by atoms with van der Waals surface area (Å²) in [6.45, 7) is 1.93. The van der Waals surface area contributed by atoms with Gasteiger partial charge in [0, 0.05) is 18.5 Å². The molecule has 0 bridgehead atoms. The molecule has 8 nitrogen and oxygen atoms in total. The smallest absolute Gasteiger partial charge is 0.343 e. The Morgan fingerprint density at radius 1 is 1.25 bits per heavy atom. The first-order chi connectivity index (χ1) is 11.6. The Bertz CT molecular complexity index is 883. The number of esters is 1. The average molecular weight is 326 g/mol. The summed E-state index contributed by atoms with van der Waals surface area (Å²) in [4.78, 5) is 23.0. The first-order valence-corrected chi connectivity index (χ1v) is 7.25. The lowest BCUT2D eigenvalue weighted by atomic mass is 10.2. The van der Waals surface area contributed by atoms with Crippen LogP contribution in [0, 0.1) is 10.1 Å². The number of nitro groups is 1. The largest absolute Gasteiger partial charge is 0.462 e. The van der Waals surface area contributed by atoms with Gasteiger partial charge in [0.15, 0.2) is 5.82 Å². The molecule has 24 heavy (non-hydrogen) atoms. The third kappa shape index (κ3) is 2.65. The van der Waals surface area contributed by atoms with Crippen LogP contribution >= 0.6 is 0 Å². The van der Waals surface area contributed by atoms with Crippen molar-refractivity contribution < 1.29 is 14.5 Å². The monoisotopic (exact) mass is 326 g/mol. The van der Waals surface area contributed by atoms with Gasteiger partial charge in [-0.2, -0.15) is 5.10 Å². The summed E-state index contributed by atoms with van der Waals surface area (Å²) < 4.78 is 8.08. The number of nitro benzene ring substituents is 1. The van der Waals surface area contributed by atoms with E-state index in [-0.39, 0.29) is 23.5 Å². The van der Waals surface area contributed by atoms with Crippen LogP contribution in [-0.4, -0.2) is 31.8 Å². The number of carbonyl (C=O) groups is 1. The highest BCUT2D eigenvalue weighted by molar-refractivity contribution is 5.93. The Balaban J connectivity index is 2.23. The highest BCUT2D eigenvalue weighted by Crippen LogP contribution is 2.26. The molecule has 0 fully saturated rings. The maximum Gasteiger partial charge on any atom is 0.343 e. The second-order valence-corrected chi connectivity index (χ2v) is 4.85. The molecule has 0 spiro atoms. The summed E-state index contributed by atoms with van der Waals surface area (Å²) in [5.41, 5.74) is 0.386. The Kier molecular flexibility index (Phi) is 4.11. The van der Waals surface area contributed by atoms with Gasteiger partial charge in [-0.05, 0) is 25.1 Å². The molecule has 3 aromatic rings. The molecular formula is C16H14N4O4. The van der Waals surface area contributed by atoms with Crippen LogP contribution in [0.3, 0.4) is 0 Å². The SMILES string of the molecule is CCOC(=O)c1cnn(-c2ccccc2[N+](=O)[O-])c1-n1cccc1. The normalized spacial score (nSPS) is 10.5. The number of hydrogen-bond acceptors (Lipinski definition) is 5. The minimum atomic E-state index is -0.536. The summed E-state index contributed by atoms with van der Waals surface area (Å²) in [6.07, 6.45) is 4.81. The lowest BCUT2D eigenvalue weighted by Crippen LogP contribution is -2.11. The molecule has 0 amide bonds. The summed E-state index contributed by atoms with van der Waals surface area (Å²) in [6, 6.07) is 9.78. The van der Waals surface area contributed by atoms with Gasteiger partial charge in [-0.3, -0.25) is 10.1 Å². The molecule has 2 heterocycles. The number of ether oxygens (including phenoxy) is 1. The van der Waals surface area contributed by atoms with Gasteiger partial charge in [-0.1, -0.05) is 12.1 Å². The average Bonchev–Trinajstić information content (AvgIpc) is 3.24. The van der Waals surface area contributed by atoms with Crippen LogP contribution in [0.1, 0.15) is 17.3 Å². The van der Waals surface area contributed by atoms with Crippen molar-refractivity contribution in [2.45, 2.75) is 6.92 Å². The van der Waals surface area contributed by atoms with Crippen LogP contribution in [0.2, 0.25) is 0 Å². The van der Waals surface area contributed by atoms with Gasteiger partial charge >= 0.3 is 5.97 Å². The van der Waals surface area contributed by atoms with E-state index < -0.39 is 10.9 Å². The number of aromatic nitrogens is 3. The number of hydrogen-bond donors (Lipinski definition) is 0. The van der Waals surface area contributed by atoms with Crippen LogP contribution in [0.4, 0.5) is 5.69 Å². The zero-order chi connectivity index (χ0) is 17.1. The minimum absolute atomic E-state index is 0.107. The summed E-state index contributed by atoms with van der Waals surface area (Å²) in [5.74, 6) is -0.154. The van der Waals surface area contributed by atoms with E-state index in [9.17, 15) is 14.9 Å². The molecule has 0 aliphatic rings. The predicted octanol–water partition coefficient (Wildman–Crippen LogP) is 2.75. The molecule has 0 aliphatic heterocycles. The molecule has 0 saturated carbocycles. The van der Waals surface area contributed by atoms with Gasteiger partial charge in [0.1, 0.15) is 11.3 Å². The van der Waals surface area contributed by atoms with Gasteiger partial charge in [0.25, 0.3) is 5.69 Å². The van der Waals surface area contributed by atoms with Gasteiger partial charge < -0.3 is 9.30 Å². The Morgan fingerprint density at radius 2 is 1.96 bits per heavy atom. The van der Waals surface area contributed by atoms with Gasteiger partial charge in [0.2, 0.25) is 0 Å². The highest BCUT2D eigenvalue weighted by Gasteiger charge is 2.24. The minimum Gasteiger partial charge on any atom is -0.462 e. The molecule has 0 saturated heterocycles. The molecule has 2 aromatic heterocycles. The molecule has 0 unspecified atom stereocenters. The molecule has 3 rings (SSSR count). The number of benzene rings is 1. The van der Waals surface area contributed by atoms with E-state index in [1.54, 1.807) is 54.2 Å². The van der Waals surface area contributed by atoms with Gasteiger partial charge in [-0.15, -0.1) is 0 Å². The van der Waals surface area contributed by atoms with E-state index in [1.165, 1.54) is 16.9 Å². The number of rotatable bonds is 5. The number of nitrogens with zero attached hydrogens (tertiary/aromatic N) is 4. The van der Waals surface area contributed by atoms with Crippen molar-refractivity contribution in [2.24, 2.45) is 0 Å². The van der Waals surface area contributed by atoms with Crippen molar-refractivity contribution in [3.05, 3.63) is 70.7 Å². The van der Waals surface area contributed by atoms with Crippen LogP contribution in [0.5, 0.6) is 0 Å². The van der Waals surface area contributed by atoms with E-state index in [0.29, 0.717) is 5.82 Å². The maximum absolute atomic E-state index is 12.2. The van der Waals surface area contributed by atoms with Crippen LogP contribution in [0.25, 0.3) is 11.5 Å². The molecule has 122 valence electrons. The third-order valence-electron chi connectivity index (χ3n) is 3.39. The molecule has 0 atom stereocenters. The van der Waals surface area contributed by atoms with E-state index in [2.05, 4.69) is 5.10 Å². The summed E-state index contributed by atoms with van der Waals surface area (Å²) in [5, 5.41) is 15.5. The summed E-state index contributed by atoms with van der Waals surface area (Å²) >= 11 is 0. The quantitative estimate of drug-likeness (QED) is 0.408. The van der Waals surface area contributed by atoms with E-state index in [0.717, 1.165) is 0 Å². The molecular weight excluding hydrogens is 312 g/mol. The third-order valence-corrected chi connectivity index (χ3v) is 3.39. The van der Waals surface area contributed by atoms with Crippen molar-refractivity contribution in [3.8, 4) is 11.5 Å². The molecule has 8 heteroatoms. The second kappa shape index (κ2) is 6.37. The Labute approximate surface area is 137 Å². The van der Waals surface area contributed by atoms with Crippen molar-refractivity contribution in [1.29, 1.82) is 0 Å².